The largest absolute Gasteiger partial charge is 0.461 e. The fourth-order valence-electron chi connectivity index (χ4n) is 3.89. The van der Waals surface area contributed by atoms with Crippen LogP contribution in [0.3, 0.4) is 0 Å². The molecule has 0 spiro atoms. The number of benzene rings is 2. The Morgan fingerprint density at radius 3 is 2.10 bits per heavy atom. The molecule has 0 radical (unpaired) electrons. The molecule has 0 fully saturated rings. The van der Waals surface area contributed by atoms with Gasteiger partial charge in [0.25, 0.3) is 0 Å². The van der Waals surface area contributed by atoms with E-state index in [1.54, 1.807) is 38.4 Å². The van der Waals surface area contributed by atoms with Gasteiger partial charge in [-0.05, 0) is 53.8 Å². The monoisotopic (exact) mass is 416 g/mol. The summed E-state index contributed by atoms with van der Waals surface area (Å²) in [6.07, 6.45) is 2.14. The van der Waals surface area contributed by atoms with Crippen molar-refractivity contribution in [1.29, 1.82) is 0 Å². The predicted octanol–water partition coefficient (Wildman–Crippen LogP) is 4.61. The summed E-state index contributed by atoms with van der Waals surface area (Å²) < 4.78 is 10.9. The Bertz CT molecular complexity index is 1040. The van der Waals surface area contributed by atoms with E-state index in [-0.39, 0.29) is 18.6 Å². The lowest BCUT2D eigenvalue weighted by Gasteiger charge is -2.20. The van der Waals surface area contributed by atoms with Gasteiger partial charge in [0.1, 0.15) is 6.61 Å². The number of nitrogens with zero attached hydrogens (tertiary/aromatic N) is 1. The summed E-state index contributed by atoms with van der Waals surface area (Å²) in [5, 5.41) is 2.65. The molecular weight excluding hydrogens is 392 g/mol. The molecule has 0 aliphatic heterocycles. The highest BCUT2D eigenvalue weighted by molar-refractivity contribution is 5.83. The molecule has 6 heteroatoms. The number of carbonyl (C=O) groups is 2. The van der Waals surface area contributed by atoms with Crippen molar-refractivity contribution < 1.29 is 19.1 Å². The summed E-state index contributed by atoms with van der Waals surface area (Å²) in [5.41, 5.74) is 5.14. The second kappa shape index (κ2) is 9.00. The molecule has 0 saturated carbocycles. The van der Waals surface area contributed by atoms with Gasteiger partial charge in [-0.15, -0.1) is 0 Å². The van der Waals surface area contributed by atoms with Crippen molar-refractivity contribution in [3.63, 3.8) is 0 Å². The average Bonchev–Trinajstić information content (AvgIpc) is 3.10. The molecule has 1 aromatic heterocycles. The van der Waals surface area contributed by atoms with Crippen molar-refractivity contribution in [2.24, 2.45) is 0 Å². The molecule has 1 unspecified atom stereocenters. The molecule has 4 rings (SSSR count). The topological polar surface area (TPSA) is 77.5 Å². The molecule has 1 atom stereocenters. The minimum absolute atomic E-state index is 0.0554. The van der Waals surface area contributed by atoms with Gasteiger partial charge in [0.15, 0.2) is 6.04 Å². The molecule has 1 heterocycles. The van der Waals surface area contributed by atoms with E-state index in [4.69, 9.17) is 9.47 Å². The minimum atomic E-state index is -0.971. The van der Waals surface area contributed by atoms with Crippen LogP contribution in [0.1, 0.15) is 42.5 Å². The fraction of sp³-hybridized carbons (Fsp3) is 0.240. The number of alkyl carbamates (subject to hydrolysis) is 1. The molecule has 0 bridgehead atoms. The van der Waals surface area contributed by atoms with E-state index in [1.807, 2.05) is 24.3 Å². The lowest BCUT2D eigenvalue weighted by Crippen LogP contribution is -2.36. The number of amides is 1. The van der Waals surface area contributed by atoms with E-state index < -0.39 is 18.1 Å². The molecule has 6 nitrogen and oxygen atoms in total. The lowest BCUT2D eigenvalue weighted by atomic mass is 9.98. The maximum atomic E-state index is 12.6. The van der Waals surface area contributed by atoms with Crippen molar-refractivity contribution in [1.82, 2.24) is 10.3 Å². The minimum Gasteiger partial charge on any atom is -0.461 e. The molecule has 31 heavy (non-hydrogen) atoms. The van der Waals surface area contributed by atoms with Gasteiger partial charge in [0.2, 0.25) is 0 Å². The van der Waals surface area contributed by atoms with Crippen LogP contribution in [-0.2, 0) is 14.3 Å². The van der Waals surface area contributed by atoms with Crippen LogP contribution in [0.5, 0.6) is 0 Å². The SMILES string of the molecule is CC(C)OC(=O)C(NC(=O)OCC1c2ccccc2-c2ccccc21)c1ccncc1. The summed E-state index contributed by atoms with van der Waals surface area (Å²) in [6, 6.07) is 18.6. The number of esters is 1. The number of nitrogens with one attached hydrogen (secondary N) is 1. The first-order valence-corrected chi connectivity index (χ1v) is 10.3. The van der Waals surface area contributed by atoms with Crippen LogP contribution in [0.25, 0.3) is 11.1 Å². The highest BCUT2D eigenvalue weighted by Gasteiger charge is 2.30. The third-order valence-electron chi connectivity index (χ3n) is 5.23. The van der Waals surface area contributed by atoms with Gasteiger partial charge in [0.05, 0.1) is 6.10 Å². The Balaban J connectivity index is 1.48. The van der Waals surface area contributed by atoms with Crippen LogP contribution in [0.2, 0.25) is 0 Å². The number of hydrogen-bond donors (Lipinski definition) is 1. The first-order chi connectivity index (χ1) is 15.0. The van der Waals surface area contributed by atoms with Gasteiger partial charge in [-0.1, -0.05) is 48.5 Å². The second-order valence-electron chi connectivity index (χ2n) is 7.67. The standard InChI is InChI=1S/C25H24N2O4/c1-16(2)31-24(28)23(17-11-13-26-14-12-17)27-25(29)30-15-22-20-9-5-3-7-18(20)19-8-4-6-10-21(19)22/h3-14,16,22-23H,15H2,1-2H3,(H,27,29). The molecule has 2 aromatic carbocycles. The molecule has 3 aromatic rings. The van der Waals surface area contributed by atoms with E-state index in [1.165, 1.54) is 0 Å². The highest BCUT2D eigenvalue weighted by Crippen LogP contribution is 2.44. The molecule has 1 N–H and O–H groups in total. The van der Waals surface area contributed by atoms with Crippen molar-refractivity contribution in [3.05, 3.63) is 89.7 Å². The number of carbonyl (C=O) groups excluding carboxylic acids is 2. The Morgan fingerprint density at radius 1 is 0.935 bits per heavy atom. The van der Waals surface area contributed by atoms with Gasteiger partial charge < -0.3 is 14.8 Å². The Morgan fingerprint density at radius 2 is 1.52 bits per heavy atom. The predicted molar refractivity (Wildman–Crippen MR) is 116 cm³/mol. The van der Waals surface area contributed by atoms with Crippen LogP contribution < -0.4 is 5.32 Å². The number of hydrogen-bond acceptors (Lipinski definition) is 5. The number of aromatic nitrogens is 1. The number of ether oxygens (including phenoxy) is 2. The Hall–Kier alpha value is -3.67. The van der Waals surface area contributed by atoms with E-state index in [9.17, 15) is 9.59 Å². The second-order valence-corrected chi connectivity index (χ2v) is 7.67. The first-order valence-electron chi connectivity index (χ1n) is 10.3. The Labute approximate surface area is 181 Å². The fourth-order valence-corrected chi connectivity index (χ4v) is 3.89. The zero-order valence-electron chi connectivity index (χ0n) is 17.4. The third-order valence-corrected chi connectivity index (χ3v) is 5.23. The van der Waals surface area contributed by atoms with Crippen molar-refractivity contribution in [2.45, 2.75) is 31.9 Å². The first kappa shape index (κ1) is 20.6. The summed E-state index contributed by atoms with van der Waals surface area (Å²) >= 11 is 0. The van der Waals surface area contributed by atoms with Gasteiger partial charge in [-0.3, -0.25) is 4.98 Å². The van der Waals surface area contributed by atoms with E-state index >= 15 is 0 Å². The highest BCUT2D eigenvalue weighted by atomic mass is 16.6. The smallest absolute Gasteiger partial charge is 0.408 e. The van der Waals surface area contributed by atoms with Crippen LogP contribution >= 0.6 is 0 Å². The quantitative estimate of drug-likeness (QED) is 0.594. The zero-order valence-corrected chi connectivity index (χ0v) is 17.4. The number of rotatable bonds is 6. The summed E-state index contributed by atoms with van der Waals surface area (Å²) in [6.45, 7) is 3.69. The van der Waals surface area contributed by atoms with E-state index in [0.29, 0.717) is 5.56 Å². The normalized spacial score (nSPS) is 13.3. The van der Waals surface area contributed by atoms with E-state index in [0.717, 1.165) is 22.3 Å². The molecular formula is C25H24N2O4. The maximum absolute atomic E-state index is 12.6. The lowest BCUT2D eigenvalue weighted by molar-refractivity contribution is -0.150. The van der Waals surface area contributed by atoms with Crippen LogP contribution in [0, 0.1) is 0 Å². The van der Waals surface area contributed by atoms with E-state index in [2.05, 4.69) is 34.6 Å². The Kier molecular flexibility index (Phi) is 5.98. The summed E-state index contributed by atoms with van der Waals surface area (Å²) in [4.78, 5) is 29.2. The molecule has 1 aliphatic rings. The molecule has 0 saturated heterocycles. The van der Waals surface area contributed by atoms with Crippen LogP contribution in [0.15, 0.2) is 73.1 Å². The third kappa shape index (κ3) is 4.43. The van der Waals surface area contributed by atoms with Crippen LogP contribution in [-0.4, -0.2) is 29.8 Å². The maximum Gasteiger partial charge on any atom is 0.408 e. The molecule has 1 aliphatic carbocycles. The van der Waals surface area contributed by atoms with Crippen molar-refractivity contribution in [3.8, 4) is 11.1 Å². The van der Waals surface area contributed by atoms with Crippen LogP contribution in [0.4, 0.5) is 4.79 Å². The average molecular weight is 416 g/mol. The van der Waals surface area contributed by atoms with Gasteiger partial charge >= 0.3 is 12.1 Å². The van der Waals surface area contributed by atoms with Gasteiger partial charge in [0, 0.05) is 18.3 Å². The molecule has 1 amide bonds. The van der Waals surface area contributed by atoms with Gasteiger partial charge in [-0.25, -0.2) is 9.59 Å². The number of pyridine rings is 1. The van der Waals surface area contributed by atoms with Crippen molar-refractivity contribution >= 4 is 12.1 Å². The number of fused-ring (bicyclic) bond motifs is 3. The summed E-state index contributed by atoms with van der Waals surface area (Å²) in [5.74, 6) is -0.602. The summed E-state index contributed by atoms with van der Waals surface area (Å²) in [7, 11) is 0. The molecule has 158 valence electrons. The van der Waals surface area contributed by atoms with Crippen molar-refractivity contribution in [2.75, 3.05) is 6.61 Å². The van der Waals surface area contributed by atoms with Gasteiger partial charge in [-0.2, -0.15) is 0 Å². The zero-order chi connectivity index (χ0) is 21.8.